The van der Waals surface area contributed by atoms with Crippen LogP contribution in [0.5, 0.6) is 0 Å². The maximum absolute atomic E-state index is 11.2. The molecule has 0 unspecified atom stereocenters. The molecule has 18 heavy (non-hydrogen) atoms. The molecule has 0 fully saturated rings. The highest BCUT2D eigenvalue weighted by Crippen LogP contribution is 2.19. The second-order valence-electron chi connectivity index (χ2n) is 3.47. The summed E-state index contributed by atoms with van der Waals surface area (Å²) in [4.78, 5) is 23.7. The van der Waals surface area contributed by atoms with Crippen LogP contribution in [-0.2, 0) is 7.05 Å². The van der Waals surface area contributed by atoms with E-state index in [0.717, 1.165) is 0 Å². The first-order valence-corrected chi connectivity index (χ1v) is 4.76. The molecule has 0 saturated heterocycles. The first-order chi connectivity index (χ1) is 8.42. The fraction of sp³-hybridized carbons (Fsp3) is 0.200. The van der Waals surface area contributed by atoms with Gasteiger partial charge in [-0.1, -0.05) is 0 Å². The molecule has 2 N–H and O–H groups in total. The fourth-order valence-electron chi connectivity index (χ4n) is 1.63. The Kier molecular flexibility index (Phi) is 3.75. The van der Waals surface area contributed by atoms with Crippen LogP contribution in [0.25, 0.3) is 21.5 Å². The van der Waals surface area contributed by atoms with E-state index in [2.05, 4.69) is 0 Å². The highest BCUT2D eigenvalue weighted by molar-refractivity contribution is 5.93. The van der Waals surface area contributed by atoms with Crippen molar-refractivity contribution in [3.05, 3.63) is 44.3 Å². The minimum absolute atomic E-state index is 0.120. The highest BCUT2D eigenvalue weighted by Gasteiger charge is 2.12. The molecule has 1 aromatic heterocycles. The van der Waals surface area contributed by atoms with Gasteiger partial charge in [0.25, 0.3) is 0 Å². The number of nitrogens with one attached hydrogen (secondary N) is 1. The molecular weight excluding hydrogens is 240 g/mol. The zero-order valence-electron chi connectivity index (χ0n) is 9.67. The predicted octanol–water partition coefficient (Wildman–Crippen LogP) is 2.01. The molecule has 0 radical (unpaired) electrons. The van der Waals surface area contributed by atoms with Crippen LogP contribution in [-0.4, -0.2) is 15.6 Å². The van der Waals surface area contributed by atoms with E-state index < -0.39 is 11.7 Å². The molecule has 94 valence electrons. The maximum Gasteiger partial charge on any atom is 0.419 e. The number of aryl methyl sites for hydroxylation is 2. The van der Waals surface area contributed by atoms with Crippen LogP contribution >= 0.6 is 0 Å². The predicted molar refractivity (Wildman–Crippen MR) is 62.6 cm³/mol. The number of aromatic carboxylic acids is 1. The zero-order chi connectivity index (χ0) is 13.9. The smallest absolute Gasteiger partial charge is 0.419 e. The van der Waals surface area contributed by atoms with E-state index in [1.807, 2.05) is 0 Å². The molecule has 0 aliphatic rings. The summed E-state index contributed by atoms with van der Waals surface area (Å²) in [6.45, 7) is 1.74. The Morgan fingerprint density at radius 2 is 2.11 bits per heavy atom. The number of benzene rings is 1. The normalized spacial score (nSPS) is 9.44. The number of nitrogens with zero attached hydrogens (tertiary/aromatic N) is 3. The van der Waals surface area contributed by atoms with E-state index in [9.17, 15) is 9.59 Å². The van der Waals surface area contributed by atoms with Gasteiger partial charge in [-0.25, -0.2) is 9.59 Å². The van der Waals surface area contributed by atoms with Crippen LogP contribution in [0.15, 0.2) is 21.3 Å². The van der Waals surface area contributed by atoms with Gasteiger partial charge in [0.15, 0.2) is 5.58 Å². The zero-order valence-corrected chi connectivity index (χ0v) is 9.67. The lowest BCUT2D eigenvalue weighted by atomic mass is 10.1. The Bertz CT molecular complexity index is 692. The van der Waals surface area contributed by atoms with Gasteiger partial charge in [0.2, 0.25) is 0 Å². The van der Waals surface area contributed by atoms with Crippen molar-refractivity contribution in [3.63, 3.8) is 0 Å². The van der Waals surface area contributed by atoms with Crippen LogP contribution < -0.4 is 5.76 Å². The number of fused-ring (bicyclic) bond motifs is 1. The van der Waals surface area contributed by atoms with E-state index in [0.29, 0.717) is 16.7 Å². The van der Waals surface area contributed by atoms with Gasteiger partial charge in [-0.2, -0.15) is 0 Å². The second kappa shape index (κ2) is 5.07. The third kappa shape index (κ3) is 2.33. The minimum Gasteiger partial charge on any atom is -0.478 e. The second-order valence-corrected chi connectivity index (χ2v) is 3.47. The van der Waals surface area contributed by atoms with Gasteiger partial charge >= 0.3 is 11.7 Å². The quantitative estimate of drug-likeness (QED) is 0.454. The summed E-state index contributed by atoms with van der Waals surface area (Å²) in [6.07, 6.45) is 0. The molecule has 0 bridgehead atoms. The van der Waals surface area contributed by atoms with Crippen molar-refractivity contribution in [1.29, 1.82) is 5.53 Å². The number of carboxylic acid groups (broad SMARTS) is 1. The minimum atomic E-state index is -1.04. The summed E-state index contributed by atoms with van der Waals surface area (Å²) in [7, 11) is 1.58. The lowest BCUT2D eigenvalue weighted by Gasteiger charge is -1.99. The molecule has 2 aromatic rings. The van der Waals surface area contributed by atoms with Crippen LogP contribution in [0.1, 0.15) is 15.9 Å². The summed E-state index contributed by atoms with van der Waals surface area (Å²) < 4.78 is 6.27. The monoisotopic (exact) mass is 250 g/mol. The maximum atomic E-state index is 11.2. The average Bonchev–Trinajstić information content (AvgIpc) is 2.56. The van der Waals surface area contributed by atoms with Gasteiger partial charge in [-0.05, 0) is 35.1 Å². The fourth-order valence-corrected chi connectivity index (χ4v) is 1.63. The Hall–Kier alpha value is -2.73. The number of carbonyl (C=O) groups is 1. The summed E-state index contributed by atoms with van der Waals surface area (Å²) in [5.74, 6) is -1.53. The molecule has 2 rings (SSSR count). The van der Waals surface area contributed by atoms with Crippen LogP contribution in [0.3, 0.4) is 0 Å². The molecule has 1 aromatic carbocycles. The third-order valence-corrected chi connectivity index (χ3v) is 2.32. The topological polar surface area (TPSA) is 133 Å². The summed E-state index contributed by atoms with van der Waals surface area (Å²) in [6, 6.07) is 2.87. The van der Waals surface area contributed by atoms with Crippen molar-refractivity contribution < 1.29 is 14.3 Å². The largest absolute Gasteiger partial charge is 0.478 e. The van der Waals surface area contributed by atoms with Gasteiger partial charge in [0.1, 0.15) is 0 Å². The Labute approximate surface area is 100 Å². The molecule has 0 aliphatic heterocycles. The van der Waals surface area contributed by atoms with Crippen LogP contribution in [0.2, 0.25) is 0 Å². The van der Waals surface area contributed by atoms with E-state index >= 15 is 0 Å². The van der Waals surface area contributed by atoms with Crippen molar-refractivity contribution in [1.82, 2.24) is 4.57 Å². The van der Waals surface area contributed by atoms with E-state index in [-0.39, 0.29) is 5.56 Å². The first kappa shape index (κ1) is 13.3. The standard InChI is InChI=1S/C10H9NO4.HN3/c1-5-3-6(9(12)13)4-7-8(5)11(2)10(14)15-7;1-3-2/h3-4H,1-2H3,(H,12,13);1H. The number of rotatable bonds is 1. The molecule has 0 spiro atoms. The summed E-state index contributed by atoms with van der Waals surface area (Å²) in [5.41, 5.74) is 14.0. The average molecular weight is 250 g/mol. The Morgan fingerprint density at radius 3 is 2.61 bits per heavy atom. The molecule has 0 atom stereocenters. The van der Waals surface area contributed by atoms with Crippen LogP contribution in [0, 0.1) is 12.5 Å². The van der Waals surface area contributed by atoms with E-state index in [1.165, 1.54) is 16.7 Å². The van der Waals surface area contributed by atoms with E-state index in [4.69, 9.17) is 20.6 Å². The number of carboxylic acids is 1. The molecule has 0 saturated carbocycles. The van der Waals surface area contributed by atoms with Crippen molar-refractivity contribution in [3.8, 4) is 0 Å². The van der Waals surface area contributed by atoms with Gasteiger partial charge in [0.05, 0.1) is 11.1 Å². The molecule has 8 heteroatoms. The first-order valence-electron chi connectivity index (χ1n) is 4.76. The summed E-state index contributed by atoms with van der Waals surface area (Å²) in [5, 5.41) is 8.82. The van der Waals surface area contributed by atoms with Crippen molar-refractivity contribution in [2.75, 3.05) is 0 Å². The van der Waals surface area contributed by atoms with Crippen molar-refractivity contribution in [2.24, 2.45) is 7.05 Å². The molecule has 1 heterocycles. The lowest BCUT2D eigenvalue weighted by Crippen LogP contribution is -2.09. The lowest BCUT2D eigenvalue weighted by molar-refractivity contribution is 0.0697. The Balaban J connectivity index is 0.000000492. The molecule has 0 aliphatic carbocycles. The van der Waals surface area contributed by atoms with Crippen molar-refractivity contribution in [2.45, 2.75) is 6.92 Å². The van der Waals surface area contributed by atoms with Gasteiger partial charge in [0, 0.05) is 7.05 Å². The number of oxazole rings is 1. The number of hydrogen-bond donors (Lipinski definition) is 2. The van der Waals surface area contributed by atoms with Gasteiger partial charge in [-0.3, -0.25) is 4.57 Å². The van der Waals surface area contributed by atoms with Gasteiger partial charge in [-0.15, -0.1) is 5.53 Å². The highest BCUT2D eigenvalue weighted by atomic mass is 16.4. The third-order valence-electron chi connectivity index (χ3n) is 2.32. The molecular formula is C10H10N4O4. The molecule has 8 nitrogen and oxygen atoms in total. The SMILES string of the molecule is Cc1cc(C(=O)O)cc2oc(=O)n(C)c12.[N-]=[N+]=N. The Morgan fingerprint density at radius 1 is 1.56 bits per heavy atom. The number of aromatic nitrogens is 1. The van der Waals surface area contributed by atoms with Gasteiger partial charge < -0.3 is 9.52 Å². The summed E-state index contributed by atoms with van der Waals surface area (Å²) >= 11 is 0. The van der Waals surface area contributed by atoms with Crippen LogP contribution in [0.4, 0.5) is 0 Å². The molecule has 0 amide bonds. The number of hydrogen-bond acceptors (Lipinski definition) is 4. The van der Waals surface area contributed by atoms with Crippen molar-refractivity contribution >= 4 is 17.1 Å². The van der Waals surface area contributed by atoms with E-state index in [1.54, 1.807) is 18.9 Å².